The van der Waals surface area contributed by atoms with Gasteiger partial charge in [0, 0.05) is 5.56 Å². The van der Waals surface area contributed by atoms with Crippen LogP contribution in [0.5, 0.6) is 5.75 Å². The molecule has 1 aromatic carbocycles. The number of benzene rings is 1. The summed E-state index contributed by atoms with van der Waals surface area (Å²) in [5, 5.41) is 11.2. The van der Waals surface area contributed by atoms with Gasteiger partial charge in [0.25, 0.3) is 5.91 Å². The molecule has 0 bridgehead atoms. The Labute approximate surface area is 109 Å². The molecule has 19 heavy (non-hydrogen) atoms. The summed E-state index contributed by atoms with van der Waals surface area (Å²) in [5.74, 6) is -2.53. The van der Waals surface area contributed by atoms with Crippen LogP contribution < -0.4 is 10.1 Å². The molecule has 0 heterocycles. The molecule has 0 radical (unpaired) electrons. The van der Waals surface area contributed by atoms with E-state index in [0.717, 1.165) is 6.07 Å². The van der Waals surface area contributed by atoms with Crippen LogP contribution in [0.3, 0.4) is 0 Å². The molecule has 0 saturated carbocycles. The highest BCUT2D eigenvalue weighted by Crippen LogP contribution is 2.17. The van der Waals surface area contributed by atoms with Gasteiger partial charge in [-0.05, 0) is 24.6 Å². The van der Waals surface area contributed by atoms with Gasteiger partial charge in [-0.3, -0.25) is 4.79 Å². The number of carboxylic acids is 1. The minimum atomic E-state index is -1.18. The fourth-order valence-electron chi connectivity index (χ4n) is 1.44. The van der Waals surface area contributed by atoms with E-state index >= 15 is 0 Å². The van der Waals surface area contributed by atoms with Gasteiger partial charge in [-0.1, -0.05) is 6.08 Å². The Kier molecular flexibility index (Phi) is 5.05. The average molecular weight is 267 g/mol. The van der Waals surface area contributed by atoms with Gasteiger partial charge in [0.15, 0.2) is 11.6 Å². The summed E-state index contributed by atoms with van der Waals surface area (Å²) in [4.78, 5) is 22.6. The van der Waals surface area contributed by atoms with Crippen molar-refractivity contribution >= 4 is 11.9 Å². The summed E-state index contributed by atoms with van der Waals surface area (Å²) in [6.07, 6.45) is 1.47. The van der Waals surface area contributed by atoms with Crippen molar-refractivity contribution in [1.82, 2.24) is 5.32 Å². The maximum atomic E-state index is 13.4. The molecule has 1 unspecified atom stereocenters. The summed E-state index contributed by atoms with van der Waals surface area (Å²) in [5.41, 5.74) is 0.0219. The SMILES string of the molecule is C=CCC(NC(=O)c1ccc(OC)c(F)c1)C(=O)O. The first-order valence-corrected chi connectivity index (χ1v) is 5.47. The zero-order chi connectivity index (χ0) is 14.4. The van der Waals surface area contributed by atoms with Gasteiger partial charge in [-0.25, -0.2) is 9.18 Å². The second kappa shape index (κ2) is 6.53. The normalized spacial score (nSPS) is 11.5. The predicted octanol–water partition coefficient (Wildman–Crippen LogP) is 1.59. The third-order valence-electron chi connectivity index (χ3n) is 2.42. The van der Waals surface area contributed by atoms with Gasteiger partial charge in [-0.2, -0.15) is 0 Å². The molecule has 2 N–H and O–H groups in total. The number of nitrogens with one attached hydrogen (secondary N) is 1. The van der Waals surface area contributed by atoms with Crippen LogP contribution in [0, 0.1) is 5.82 Å². The molecule has 0 aromatic heterocycles. The fourth-order valence-corrected chi connectivity index (χ4v) is 1.44. The van der Waals surface area contributed by atoms with Gasteiger partial charge < -0.3 is 15.2 Å². The summed E-state index contributed by atoms with van der Waals surface area (Å²) in [6.45, 7) is 3.41. The highest BCUT2D eigenvalue weighted by atomic mass is 19.1. The quantitative estimate of drug-likeness (QED) is 0.767. The largest absolute Gasteiger partial charge is 0.494 e. The van der Waals surface area contributed by atoms with Crippen LogP contribution >= 0.6 is 0 Å². The molecule has 1 atom stereocenters. The van der Waals surface area contributed by atoms with E-state index in [1.165, 1.54) is 25.3 Å². The van der Waals surface area contributed by atoms with Gasteiger partial charge >= 0.3 is 5.97 Å². The van der Waals surface area contributed by atoms with Crippen molar-refractivity contribution in [3.05, 3.63) is 42.2 Å². The molecule has 102 valence electrons. The molecule has 5 nitrogen and oxygen atoms in total. The molecule has 0 spiro atoms. The van der Waals surface area contributed by atoms with E-state index in [1.54, 1.807) is 0 Å². The Morgan fingerprint density at radius 2 is 2.26 bits per heavy atom. The summed E-state index contributed by atoms with van der Waals surface area (Å²) in [7, 11) is 1.31. The molecular weight excluding hydrogens is 253 g/mol. The minimum Gasteiger partial charge on any atom is -0.494 e. The Morgan fingerprint density at radius 1 is 1.58 bits per heavy atom. The Bertz CT molecular complexity index is 501. The van der Waals surface area contributed by atoms with E-state index < -0.39 is 23.7 Å². The first-order valence-electron chi connectivity index (χ1n) is 5.47. The summed E-state index contributed by atoms with van der Waals surface area (Å²) in [6, 6.07) is 2.55. The maximum Gasteiger partial charge on any atom is 0.326 e. The van der Waals surface area contributed by atoms with Crippen LogP contribution in [0.25, 0.3) is 0 Å². The molecule has 1 aromatic rings. The second-order valence-corrected chi connectivity index (χ2v) is 3.74. The van der Waals surface area contributed by atoms with E-state index in [4.69, 9.17) is 9.84 Å². The zero-order valence-corrected chi connectivity index (χ0v) is 10.4. The van der Waals surface area contributed by atoms with Gasteiger partial charge in [-0.15, -0.1) is 6.58 Å². The molecule has 0 saturated heterocycles. The van der Waals surface area contributed by atoms with Crippen molar-refractivity contribution in [1.29, 1.82) is 0 Å². The number of rotatable bonds is 6. The highest BCUT2D eigenvalue weighted by molar-refractivity contribution is 5.96. The minimum absolute atomic E-state index is 0.0115. The lowest BCUT2D eigenvalue weighted by Crippen LogP contribution is -2.40. The average Bonchev–Trinajstić information content (AvgIpc) is 2.37. The van der Waals surface area contributed by atoms with Crippen molar-refractivity contribution < 1.29 is 23.8 Å². The first-order chi connectivity index (χ1) is 8.99. The van der Waals surface area contributed by atoms with Crippen molar-refractivity contribution in [3.8, 4) is 5.75 Å². The molecular formula is C13H14FNO4. The van der Waals surface area contributed by atoms with Crippen LogP contribution in [0.1, 0.15) is 16.8 Å². The van der Waals surface area contributed by atoms with Crippen LogP contribution in [-0.4, -0.2) is 30.1 Å². The number of carboxylic acid groups (broad SMARTS) is 1. The van der Waals surface area contributed by atoms with Crippen molar-refractivity contribution in [3.63, 3.8) is 0 Å². The van der Waals surface area contributed by atoms with E-state index in [9.17, 15) is 14.0 Å². The molecule has 6 heteroatoms. The van der Waals surface area contributed by atoms with Crippen molar-refractivity contribution in [2.45, 2.75) is 12.5 Å². The molecule has 1 rings (SSSR count). The topological polar surface area (TPSA) is 75.6 Å². The van der Waals surface area contributed by atoms with E-state index in [2.05, 4.69) is 11.9 Å². The standard InChI is InChI=1S/C13H14FNO4/c1-3-4-10(13(17)18)15-12(16)8-5-6-11(19-2)9(14)7-8/h3,5-7,10H,1,4H2,2H3,(H,15,16)(H,17,18). The van der Waals surface area contributed by atoms with E-state index in [1.807, 2.05) is 0 Å². The first kappa shape index (κ1) is 14.7. The van der Waals surface area contributed by atoms with Crippen LogP contribution in [0.15, 0.2) is 30.9 Å². The summed E-state index contributed by atoms with van der Waals surface area (Å²) >= 11 is 0. The zero-order valence-electron chi connectivity index (χ0n) is 10.4. The molecule has 0 aliphatic carbocycles. The lowest BCUT2D eigenvalue weighted by atomic mass is 10.1. The third kappa shape index (κ3) is 3.80. The smallest absolute Gasteiger partial charge is 0.326 e. The predicted molar refractivity (Wildman–Crippen MR) is 66.7 cm³/mol. The van der Waals surface area contributed by atoms with E-state index in [-0.39, 0.29) is 17.7 Å². The number of hydrogen-bond donors (Lipinski definition) is 2. The van der Waals surface area contributed by atoms with E-state index in [0.29, 0.717) is 0 Å². The van der Waals surface area contributed by atoms with Crippen LogP contribution in [-0.2, 0) is 4.79 Å². The van der Waals surface area contributed by atoms with Gasteiger partial charge in [0.05, 0.1) is 7.11 Å². The number of halogens is 1. The number of carbonyl (C=O) groups is 2. The monoisotopic (exact) mass is 267 g/mol. The van der Waals surface area contributed by atoms with Crippen LogP contribution in [0.2, 0.25) is 0 Å². The Balaban J connectivity index is 2.85. The molecule has 1 amide bonds. The second-order valence-electron chi connectivity index (χ2n) is 3.74. The van der Waals surface area contributed by atoms with Crippen molar-refractivity contribution in [2.75, 3.05) is 7.11 Å². The third-order valence-corrected chi connectivity index (χ3v) is 2.42. The van der Waals surface area contributed by atoms with Crippen molar-refractivity contribution in [2.24, 2.45) is 0 Å². The number of ether oxygens (including phenoxy) is 1. The summed E-state index contributed by atoms with van der Waals surface area (Å²) < 4.78 is 18.1. The Morgan fingerprint density at radius 3 is 2.74 bits per heavy atom. The van der Waals surface area contributed by atoms with Crippen LogP contribution in [0.4, 0.5) is 4.39 Å². The van der Waals surface area contributed by atoms with Gasteiger partial charge in [0.2, 0.25) is 0 Å². The molecule has 0 fully saturated rings. The number of amides is 1. The van der Waals surface area contributed by atoms with Gasteiger partial charge in [0.1, 0.15) is 6.04 Å². The molecule has 0 aliphatic heterocycles. The number of hydrogen-bond acceptors (Lipinski definition) is 3. The number of methoxy groups -OCH3 is 1. The maximum absolute atomic E-state index is 13.4. The lowest BCUT2D eigenvalue weighted by molar-refractivity contribution is -0.139. The molecule has 0 aliphatic rings. The fraction of sp³-hybridized carbons (Fsp3) is 0.231. The number of carbonyl (C=O) groups excluding carboxylic acids is 1. The lowest BCUT2D eigenvalue weighted by Gasteiger charge is -2.12. The highest BCUT2D eigenvalue weighted by Gasteiger charge is 2.19. The number of aliphatic carboxylic acids is 1. The Hall–Kier alpha value is -2.37.